The van der Waals surface area contributed by atoms with Gasteiger partial charge in [0.15, 0.2) is 0 Å². The van der Waals surface area contributed by atoms with Crippen LogP contribution in [0.3, 0.4) is 0 Å². The summed E-state index contributed by atoms with van der Waals surface area (Å²) in [4.78, 5) is 54.2. The van der Waals surface area contributed by atoms with Gasteiger partial charge in [0.1, 0.15) is 17.7 Å². The zero-order valence-electron chi connectivity index (χ0n) is 26.1. The number of benzene rings is 1. The van der Waals surface area contributed by atoms with Crippen molar-refractivity contribution in [3.05, 3.63) is 34.9 Å². The highest BCUT2D eigenvalue weighted by Crippen LogP contribution is 2.29. The Morgan fingerprint density at radius 3 is 2.17 bits per heavy atom. The van der Waals surface area contributed by atoms with Crippen LogP contribution in [0.15, 0.2) is 18.2 Å². The number of primary amides is 1. The van der Waals surface area contributed by atoms with Crippen LogP contribution in [0.25, 0.3) is 0 Å². The van der Waals surface area contributed by atoms with Crippen molar-refractivity contribution >= 4 is 23.8 Å². The summed E-state index contributed by atoms with van der Waals surface area (Å²) in [7, 11) is 0. The van der Waals surface area contributed by atoms with Gasteiger partial charge in [0, 0.05) is 19.0 Å². The first-order valence-corrected chi connectivity index (χ1v) is 14.5. The fourth-order valence-corrected chi connectivity index (χ4v) is 4.34. The molecule has 4 N–H and O–H groups in total. The molecule has 1 aromatic rings. The van der Waals surface area contributed by atoms with Crippen LogP contribution in [-0.4, -0.2) is 52.9 Å². The van der Waals surface area contributed by atoms with E-state index in [0.717, 1.165) is 30.4 Å². The summed E-state index contributed by atoms with van der Waals surface area (Å²) in [5.41, 5.74) is 7.40. The van der Waals surface area contributed by atoms with E-state index in [0.29, 0.717) is 24.4 Å². The van der Waals surface area contributed by atoms with Gasteiger partial charge in [-0.25, -0.2) is 4.79 Å². The Bertz CT molecular complexity index is 1000. The highest BCUT2D eigenvalue weighted by atomic mass is 16.6. The van der Waals surface area contributed by atoms with Crippen molar-refractivity contribution in [2.45, 2.75) is 125 Å². The third kappa shape index (κ3) is 12.0. The molecule has 0 aliphatic heterocycles. The predicted octanol–water partition coefficient (Wildman–Crippen LogP) is 5.07. The van der Waals surface area contributed by atoms with E-state index < -0.39 is 35.6 Å². The zero-order chi connectivity index (χ0) is 30.6. The minimum Gasteiger partial charge on any atom is -0.444 e. The minimum absolute atomic E-state index is 0.0160. The Morgan fingerprint density at radius 1 is 1.00 bits per heavy atom. The third-order valence-electron chi connectivity index (χ3n) is 6.76. The van der Waals surface area contributed by atoms with E-state index in [2.05, 4.69) is 24.5 Å². The fraction of sp³-hybridized carbons (Fsp3) is 0.677. The van der Waals surface area contributed by atoms with Crippen LogP contribution in [0.4, 0.5) is 4.79 Å². The first-order valence-electron chi connectivity index (χ1n) is 14.5. The summed E-state index contributed by atoms with van der Waals surface area (Å²) in [6.45, 7) is 17.8. The van der Waals surface area contributed by atoms with E-state index >= 15 is 0 Å². The summed E-state index contributed by atoms with van der Waals surface area (Å²) >= 11 is 0. The van der Waals surface area contributed by atoms with Crippen LogP contribution in [0.1, 0.15) is 110 Å². The van der Waals surface area contributed by atoms with Gasteiger partial charge in [0.2, 0.25) is 17.7 Å². The van der Waals surface area contributed by atoms with E-state index in [1.807, 2.05) is 45.9 Å². The monoisotopic (exact) mass is 560 g/mol. The number of hydrogen-bond donors (Lipinski definition) is 3. The molecule has 4 amide bonds. The third-order valence-corrected chi connectivity index (χ3v) is 6.76. The second-order valence-electron chi connectivity index (χ2n) is 12.2. The van der Waals surface area contributed by atoms with Gasteiger partial charge in [-0.05, 0) is 89.8 Å². The largest absolute Gasteiger partial charge is 0.444 e. The molecule has 0 aromatic heterocycles. The number of carbonyl (C=O) groups is 4. The minimum atomic E-state index is -1.11. The molecule has 3 unspecified atom stereocenters. The van der Waals surface area contributed by atoms with Crippen LogP contribution in [0, 0.1) is 19.8 Å². The van der Waals surface area contributed by atoms with Crippen LogP contribution in [-0.2, 0) is 19.1 Å². The lowest BCUT2D eigenvalue weighted by Gasteiger charge is -2.39. The number of hydrogen-bond acceptors (Lipinski definition) is 5. The van der Waals surface area contributed by atoms with Crippen LogP contribution in [0.5, 0.6) is 0 Å². The molecule has 0 aliphatic carbocycles. The molecule has 226 valence electrons. The summed E-state index contributed by atoms with van der Waals surface area (Å²) in [5.74, 6) is -0.945. The summed E-state index contributed by atoms with van der Waals surface area (Å²) in [6, 6.07) is 3.39. The van der Waals surface area contributed by atoms with Gasteiger partial charge in [-0.2, -0.15) is 0 Å². The first-order chi connectivity index (χ1) is 18.6. The number of unbranched alkanes of at least 4 members (excludes halogenated alkanes) is 1. The molecule has 0 aliphatic rings. The van der Waals surface area contributed by atoms with E-state index in [-0.39, 0.29) is 24.8 Å². The maximum atomic E-state index is 14.4. The number of rotatable bonds is 15. The second-order valence-corrected chi connectivity index (χ2v) is 12.2. The standard InChI is InChI=1S/C31H52N4O5/c1-10-11-18-33-28(37)27(24-15-13-21(4)22(5)19-24)35(23(6)14-12-20(2)3)29(38)25(16-17-26(32)36)34-30(39)40-31(7,8)9/h13,15,19-20,23,25,27H,10-12,14,16-18H2,1-9H3,(H2,32,36)(H,33,37)(H,34,39). The van der Waals surface area contributed by atoms with Crippen molar-refractivity contribution in [3.63, 3.8) is 0 Å². The lowest BCUT2D eigenvalue weighted by atomic mass is 9.94. The molecule has 9 heteroatoms. The zero-order valence-corrected chi connectivity index (χ0v) is 26.1. The number of nitrogens with one attached hydrogen (secondary N) is 2. The Hall–Kier alpha value is -3.10. The molecular formula is C31H52N4O5. The first kappa shape index (κ1) is 34.9. The van der Waals surface area contributed by atoms with Gasteiger partial charge in [-0.3, -0.25) is 14.4 Å². The molecule has 1 rings (SSSR count). The normalized spacial score (nSPS) is 13.8. The molecule has 0 spiro atoms. The van der Waals surface area contributed by atoms with Gasteiger partial charge < -0.3 is 26.0 Å². The molecule has 1 aromatic carbocycles. The van der Waals surface area contributed by atoms with Gasteiger partial charge in [-0.1, -0.05) is 45.4 Å². The SMILES string of the molecule is CCCCNC(=O)C(c1ccc(C)c(C)c1)N(C(=O)C(CCC(N)=O)NC(=O)OC(C)(C)C)C(C)CCC(C)C. The molecule has 0 bridgehead atoms. The molecule has 0 saturated heterocycles. The van der Waals surface area contributed by atoms with E-state index in [9.17, 15) is 19.2 Å². The predicted molar refractivity (Wildman–Crippen MR) is 159 cm³/mol. The van der Waals surface area contributed by atoms with Crippen molar-refractivity contribution < 1.29 is 23.9 Å². The maximum Gasteiger partial charge on any atom is 0.408 e. The van der Waals surface area contributed by atoms with Gasteiger partial charge in [-0.15, -0.1) is 0 Å². The van der Waals surface area contributed by atoms with Gasteiger partial charge in [0.05, 0.1) is 0 Å². The van der Waals surface area contributed by atoms with Crippen molar-refractivity contribution in [3.8, 4) is 0 Å². The van der Waals surface area contributed by atoms with E-state index in [1.54, 1.807) is 25.7 Å². The van der Waals surface area contributed by atoms with Gasteiger partial charge >= 0.3 is 6.09 Å². The average Bonchev–Trinajstić information content (AvgIpc) is 2.83. The number of ether oxygens (including phenoxy) is 1. The summed E-state index contributed by atoms with van der Waals surface area (Å²) in [5, 5.41) is 5.67. The number of nitrogens with two attached hydrogens (primary N) is 1. The lowest BCUT2D eigenvalue weighted by Crippen LogP contribution is -2.55. The molecule has 0 radical (unpaired) electrons. The topological polar surface area (TPSA) is 131 Å². The highest BCUT2D eigenvalue weighted by Gasteiger charge is 2.39. The van der Waals surface area contributed by atoms with Crippen LogP contribution in [0.2, 0.25) is 0 Å². The van der Waals surface area contributed by atoms with Crippen molar-refractivity contribution in [2.24, 2.45) is 11.7 Å². The molecule has 3 atom stereocenters. The van der Waals surface area contributed by atoms with Crippen molar-refractivity contribution in [2.75, 3.05) is 6.54 Å². The lowest BCUT2D eigenvalue weighted by molar-refractivity contribution is -0.145. The fourth-order valence-electron chi connectivity index (χ4n) is 4.34. The van der Waals surface area contributed by atoms with Crippen molar-refractivity contribution in [1.29, 1.82) is 0 Å². The smallest absolute Gasteiger partial charge is 0.408 e. The summed E-state index contributed by atoms with van der Waals surface area (Å²) < 4.78 is 5.42. The number of amides is 4. The Morgan fingerprint density at radius 2 is 1.65 bits per heavy atom. The van der Waals surface area contributed by atoms with Crippen molar-refractivity contribution in [1.82, 2.24) is 15.5 Å². The van der Waals surface area contributed by atoms with Crippen LogP contribution < -0.4 is 16.4 Å². The molecule has 0 saturated carbocycles. The molecule has 40 heavy (non-hydrogen) atoms. The number of aryl methyl sites for hydroxylation is 2. The maximum absolute atomic E-state index is 14.4. The Kier molecular flexibility index (Phi) is 14.2. The molecular weight excluding hydrogens is 508 g/mol. The number of nitrogens with zero attached hydrogens (tertiary/aromatic N) is 1. The van der Waals surface area contributed by atoms with E-state index in [1.165, 1.54) is 0 Å². The second kappa shape index (κ2) is 16.2. The molecule has 9 nitrogen and oxygen atoms in total. The van der Waals surface area contributed by atoms with Crippen LogP contribution >= 0.6 is 0 Å². The highest BCUT2D eigenvalue weighted by molar-refractivity contribution is 5.92. The number of alkyl carbamates (subject to hydrolysis) is 1. The quantitative estimate of drug-likeness (QED) is 0.258. The Balaban J connectivity index is 3.65. The Labute approximate surface area is 241 Å². The van der Waals surface area contributed by atoms with Gasteiger partial charge in [0.25, 0.3) is 0 Å². The molecule has 0 heterocycles. The molecule has 0 fully saturated rings. The number of carbonyl (C=O) groups excluding carboxylic acids is 4. The average molecular weight is 561 g/mol. The van der Waals surface area contributed by atoms with E-state index in [4.69, 9.17) is 10.5 Å². The summed E-state index contributed by atoms with van der Waals surface area (Å²) in [6.07, 6.45) is 2.31.